The maximum Gasteiger partial charge on any atom is 0.254 e. The van der Waals surface area contributed by atoms with E-state index in [1.807, 2.05) is 43.3 Å². The Kier molecular flexibility index (Phi) is 4.71. The standard InChI is InChI=1S/C18H19NO3S2/c1-14-8-11-17(12-9-14)24(21,22)19-15(2)10-13-18(23(19)20)16-6-4-3-5-7-16/h3-13,15,18H,1-2H3/t15-,18-,23-/m1/s1. The van der Waals surface area contributed by atoms with E-state index in [1.165, 1.54) is 0 Å². The van der Waals surface area contributed by atoms with E-state index in [1.54, 1.807) is 37.3 Å². The van der Waals surface area contributed by atoms with Crippen molar-refractivity contribution in [2.24, 2.45) is 0 Å². The minimum Gasteiger partial charge on any atom is -0.241 e. The highest BCUT2D eigenvalue weighted by Crippen LogP contribution is 2.33. The fourth-order valence-corrected chi connectivity index (χ4v) is 6.42. The van der Waals surface area contributed by atoms with Crippen molar-refractivity contribution < 1.29 is 12.6 Å². The largest absolute Gasteiger partial charge is 0.254 e. The molecule has 3 rings (SSSR count). The molecule has 0 aliphatic carbocycles. The quantitative estimate of drug-likeness (QED) is 0.788. The molecular weight excluding hydrogens is 342 g/mol. The van der Waals surface area contributed by atoms with Gasteiger partial charge in [0, 0.05) is 0 Å². The molecule has 1 aliphatic heterocycles. The van der Waals surface area contributed by atoms with Crippen molar-refractivity contribution in [1.29, 1.82) is 0 Å². The van der Waals surface area contributed by atoms with Crippen molar-refractivity contribution in [3.8, 4) is 0 Å². The first-order valence-corrected chi connectivity index (χ1v) is 10.3. The summed E-state index contributed by atoms with van der Waals surface area (Å²) in [4.78, 5) is 0.162. The lowest BCUT2D eigenvalue weighted by Crippen LogP contribution is -2.42. The van der Waals surface area contributed by atoms with Crippen LogP contribution in [0.25, 0.3) is 0 Å². The molecule has 0 saturated heterocycles. The van der Waals surface area contributed by atoms with Gasteiger partial charge in [-0.1, -0.05) is 60.2 Å². The van der Waals surface area contributed by atoms with E-state index in [-0.39, 0.29) is 4.90 Å². The van der Waals surface area contributed by atoms with Crippen LogP contribution in [0.15, 0.2) is 71.6 Å². The summed E-state index contributed by atoms with van der Waals surface area (Å²) in [6.07, 6.45) is 3.63. The van der Waals surface area contributed by atoms with Gasteiger partial charge >= 0.3 is 0 Å². The fourth-order valence-electron chi connectivity index (χ4n) is 2.67. The summed E-state index contributed by atoms with van der Waals surface area (Å²) < 4.78 is 40.1. The topological polar surface area (TPSA) is 54.5 Å². The van der Waals surface area contributed by atoms with E-state index in [0.717, 1.165) is 14.8 Å². The first-order valence-electron chi connectivity index (χ1n) is 7.66. The zero-order valence-electron chi connectivity index (χ0n) is 13.5. The van der Waals surface area contributed by atoms with Crippen molar-refractivity contribution in [3.63, 3.8) is 0 Å². The van der Waals surface area contributed by atoms with E-state index in [2.05, 4.69) is 0 Å². The summed E-state index contributed by atoms with van der Waals surface area (Å²) in [5.41, 5.74) is 1.81. The smallest absolute Gasteiger partial charge is 0.241 e. The number of aryl methyl sites for hydroxylation is 1. The molecule has 0 amide bonds. The molecule has 24 heavy (non-hydrogen) atoms. The summed E-state index contributed by atoms with van der Waals surface area (Å²) in [6.45, 7) is 3.63. The van der Waals surface area contributed by atoms with Gasteiger partial charge in [0.05, 0.1) is 16.2 Å². The minimum atomic E-state index is -3.84. The molecular formula is C18H19NO3S2. The Labute approximate surface area is 145 Å². The molecule has 1 heterocycles. The van der Waals surface area contributed by atoms with Crippen LogP contribution in [0.1, 0.15) is 23.3 Å². The fraction of sp³-hybridized carbons (Fsp3) is 0.222. The lowest BCUT2D eigenvalue weighted by Gasteiger charge is -2.32. The second-order valence-corrected chi connectivity index (χ2v) is 9.31. The Morgan fingerprint density at radius 1 is 0.958 bits per heavy atom. The van der Waals surface area contributed by atoms with Gasteiger partial charge in [0.2, 0.25) is 0 Å². The number of hydrogen-bond acceptors (Lipinski definition) is 3. The van der Waals surface area contributed by atoms with Crippen LogP contribution in [0.5, 0.6) is 0 Å². The highest BCUT2D eigenvalue weighted by atomic mass is 32.3. The highest BCUT2D eigenvalue weighted by Gasteiger charge is 2.39. The van der Waals surface area contributed by atoms with Crippen LogP contribution >= 0.6 is 0 Å². The minimum absolute atomic E-state index is 0.162. The Balaban J connectivity index is 2.02. The number of sulfonamides is 1. The van der Waals surface area contributed by atoms with Gasteiger partial charge in [-0.3, -0.25) is 0 Å². The number of nitrogens with zero attached hydrogens (tertiary/aromatic N) is 1. The van der Waals surface area contributed by atoms with Crippen molar-refractivity contribution >= 4 is 21.0 Å². The van der Waals surface area contributed by atoms with Crippen molar-refractivity contribution in [2.45, 2.75) is 30.0 Å². The van der Waals surface area contributed by atoms with E-state index in [9.17, 15) is 12.6 Å². The normalized spacial score (nSPS) is 24.8. The van der Waals surface area contributed by atoms with Crippen LogP contribution in [-0.4, -0.2) is 22.4 Å². The zero-order valence-corrected chi connectivity index (χ0v) is 15.1. The Morgan fingerprint density at radius 3 is 2.21 bits per heavy atom. The van der Waals surface area contributed by atoms with Gasteiger partial charge in [0.1, 0.15) is 11.0 Å². The Morgan fingerprint density at radius 2 is 1.58 bits per heavy atom. The molecule has 0 N–H and O–H groups in total. The first-order chi connectivity index (χ1) is 11.4. The van der Waals surface area contributed by atoms with Gasteiger partial charge in [-0.2, -0.15) is 0 Å². The lowest BCUT2D eigenvalue weighted by atomic mass is 10.1. The second-order valence-electron chi connectivity index (χ2n) is 5.81. The predicted molar refractivity (Wildman–Crippen MR) is 96.1 cm³/mol. The third-order valence-electron chi connectivity index (χ3n) is 3.98. The molecule has 126 valence electrons. The predicted octanol–water partition coefficient (Wildman–Crippen LogP) is 3.35. The third kappa shape index (κ3) is 3.09. The molecule has 0 radical (unpaired) electrons. The third-order valence-corrected chi connectivity index (χ3v) is 8.23. The number of hydrogen-bond donors (Lipinski definition) is 0. The average molecular weight is 361 g/mol. The van der Waals surface area contributed by atoms with Crippen LogP contribution in [0.2, 0.25) is 0 Å². The molecule has 0 saturated carbocycles. The molecule has 2 aromatic carbocycles. The van der Waals surface area contributed by atoms with Crippen LogP contribution in [-0.2, 0) is 21.0 Å². The van der Waals surface area contributed by atoms with Gasteiger partial charge in [-0.15, -0.1) is 3.71 Å². The molecule has 6 heteroatoms. The number of benzene rings is 2. The maximum absolute atomic E-state index is 13.0. The van der Waals surface area contributed by atoms with Gasteiger partial charge in [-0.25, -0.2) is 12.6 Å². The molecule has 0 aromatic heterocycles. The molecule has 0 unspecified atom stereocenters. The van der Waals surface area contributed by atoms with E-state index in [0.29, 0.717) is 0 Å². The summed E-state index contributed by atoms with van der Waals surface area (Å²) in [7, 11) is -5.55. The zero-order chi connectivity index (χ0) is 17.3. The molecule has 1 aliphatic rings. The summed E-state index contributed by atoms with van der Waals surface area (Å²) in [5, 5.41) is -0.470. The van der Waals surface area contributed by atoms with E-state index in [4.69, 9.17) is 0 Å². The second kappa shape index (κ2) is 6.63. The van der Waals surface area contributed by atoms with Gasteiger partial charge in [-0.05, 0) is 31.5 Å². The maximum atomic E-state index is 13.0. The van der Waals surface area contributed by atoms with Crippen molar-refractivity contribution in [2.75, 3.05) is 0 Å². The summed E-state index contributed by atoms with van der Waals surface area (Å²) in [6, 6.07) is 15.5. The van der Waals surface area contributed by atoms with Crippen molar-refractivity contribution in [1.82, 2.24) is 3.71 Å². The van der Waals surface area contributed by atoms with Crippen LogP contribution < -0.4 is 0 Å². The van der Waals surface area contributed by atoms with E-state index >= 15 is 0 Å². The number of rotatable bonds is 3. The van der Waals surface area contributed by atoms with Crippen LogP contribution in [0.3, 0.4) is 0 Å². The van der Waals surface area contributed by atoms with Gasteiger partial charge < -0.3 is 0 Å². The van der Waals surface area contributed by atoms with Crippen LogP contribution in [0.4, 0.5) is 0 Å². The van der Waals surface area contributed by atoms with Gasteiger partial charge in [0.25, 0.3) is 10.0 Å². The van der Waals surface area contributed by atoms with Crippen molar-refractivity contribution in [3.05, 3.63) is 77.9 Å². The van der Waals surface area contributed by atoms with Crippen LogP contribution in [0, 0.1) is 6.92 Å². The summed E-state index contributed by atoms with van der Waals surface area (Å²) in [5.74, 6) is 0. The van der Waals surface area contributed by atoms with Gasteiger partial charge in [0.15, 0.2) is 0 Å². The lowest BCUT2D eigenvalue weighted by molar-refractivity contribution is 0.498. The monoisotopic (exact) mass is 361 g/mol. The molecule has 3 atom stereocenters. The highest BCUT2D eigenvalue weighted by molar-refractivity contribution is 8.01. The Hall–Kier alpha value is -1.76. The molecule has 0 spiro atoms. The molecule has 2 aromatic rings. The summed E-state index contributed by atoms with van der Waals surface area (Å²) >= 11 is 0. The average Bonchev–Trinajstić information content (AvgIpc) is 2.56. The first kappa shape index (κ1) is 17.1. The molecule has 0 bridgehead atoms. The SMILES string of the molecule is Cc1ccc(S(=O)(=O)N2[C@H](C)C=C[C@H](c3ccccc3)[S@]2=O)cc1. The molecule has 4 nitrogen and oxygen atoms in total. The molecule has 0 fully saturated rings. The Bertz CT molecular complexity index is 874. The van der Waals surface area contributed by atoms with E-state index < -0.39 is 32.3 Å².